The lowest BCUT2D eigenvalue weighted by molar-refractivity contribution is -0.314. The fourth-order valence-corrected chi connectivity index (χ4v) is 3.51. The molecule has 8 heteroatoms. The smallest absolute Gasteiger partial charge is 0.231 e. The van der Waals surface area contributed by atoms with Crippen molar-refractivity contribution in [2.75, 3.05) is 13.7 Å². The highest BCUT2D eigenvalue weighted by Gasteiger charge is 2.53. The number of aliphatic hydroxyl groups is 4. The molecule has 0 spiro atoms. The second-order valence-corrected chi connectivity index (χ2v) is 7.73. The Morgan fingerprint density at radius 1 is 1.14 bits per heavy atom. The molecule has 1 aliphatic rings. The SMILES string of the molecule is COc1ccc(Cl)cc1-c1ccc(O[C@H]2O[C@H](CO)[C@@H](O)[C@H](O)[C@]2(C)O)c(C)c1. The zero-order chi connectivity index (χ0) is 21.3. The van der Waals surface area contributed by atoms with Crippen LogP contribution in [0.15, 0.2) is 36.4 Å². The van der Waals surface area contributed by atoms with Gasteiger partial charge in [-0.2, -0.15) is 0 Å². The van der Waals surface area contributed by atoms with Crippen LogP contribution in [0.25, 0.3) is 11.1 Å². The zero-order valence-corrected chi connectivity index (χ0v) is 17.1. The van der Waals surface area contributed by atoms with E-state index in [-0.39, 0.29) is 0 Å². The number of halogens is 1. The molecule has 0 bridgehead atoms. The van der Waals surface area contributed by atoms with Gasteiger partial charge in [0.25, 0.3) is 0 Å². The van der Waals surface area contributed by atoms with Crippen molar-refractivity contribution in [3.8, 4) is 22.6 Å². The standard InChI is InChI=1S/C21H25ClO7/c1-11-8-12(14-9-13(22)5-7-16(14)27-3)4-6-15(11)28-20-21(2,26)19(25)18(24)17(10-23)29-20/h4-9,17-20,23-26H,10H2,1-3H3/t17-,18-,19+,20+,21+/m1/s1. The summed E-state index contributed by atoms with van der Waals surface area (Å²) in [5, 5.41) is 40.7. The highest BCUT2D eigenvalue weighted by molar-refractivity contribution is 6.31. The van der Waals surface area contributed by atoms with Crippen LogP contribution in [0.3, 0.4) is 0 Å². The molecule has 0 amide bonds. The molecule has 0 unspecified atom stereocenters. The van der Waals surface area contributed by atoms with Gasteiger partial charge in [0, 0.05) is 10.6 Å². The maximum atomic E-state index is 10.6. The molecule has 0 saturated carbocycles. The lowest BCUT2D eigenvalue weighted by Crippen LogP contribution is -2.66. The Morgan fingerprint density at radius 3 is 2.45 bits per heavy atom. The van der Waals surface area contributed by atoms with E-state index in [1.54, 1.807) is 31.4 Å². The molecule has 29 heavy (non-hydrogen) atoms. The Kier molecular flexibility index (Phi) is 6.38. The van der Waals surface area contributed by atoms with Crippen molar-refractivity contribution in [1.29, 1.82) is 0 Å². The summed E-state index contributed by atoms with van der Waals surface area (Å²) in [5.74, 6) is 1.09. The monoisotopic (exact) mass is 424 g/mol. The Bertz CT molecular complexity index is 870. The minimum atomic E-state index is -1.88. The number of rotatable bonds is 5. The van der Waals surface area contributed by atoms with Gasteiger partial charge in [0.15, 0.2) is 5.60 Å². The van der Waals surface area contributed by atoms with E-state index in [0.29, 0.717) is 16.5 Å². The van der Waals surface area contributed by atoms with Gasteiger partial charge in [0.1, 0.15) is 29.8 Å². The Hall–Kier alpha value is -1.87. The molecule has 2 aromatic rings. The largest absolute Gasteiger partial charge is 0.496 e. The third-order valence-corrected chi connectivity index (χ3v) is 5.38. The normalized spacial score (nSPS) is 29.5. The summed E-state index contributed by atoms with van der Waals surface area (Å²) in [6, 6.07) is 10.7. The fraction of sp³-hybridized carbons (Fsp3) is 0.429. The molecule has 1 fully saturated rings. The molecule has 0 aliphatic carbocycles. The topological polar surface area (TPSA) is 109 Å². The van der Waals surface area contributed by atoms with E-state index in [2.05, 4.69) is 0 Å². The number of aryl methyl sites for hydroxylation is 1. The van der Waals surface area contributed by atoms with E-state index in [1.165, 1.54) is 6.92 Å². The average molecular weight is 425 g/mol. The second-order valence-electron chi connectivity index (χ2n) is 7.29. The first-order valence-electron chi connectivity index (χ1n) is 9.15. The maximum absolute atomic E-state index is 10.6. The lowest BCUT2D eigenvalue weighted by Gasteiger charge is -2.45. The Labute approximate surface area is 174 Å². The van der Waals surface area contributed by atoms with E-state index >= 15 is 0 Å². The summed E-state index contributed by atoms with van der Waals surface area (Å²) in [6.45, 7) is 2.60. The van der Waals surface area contributed by atoms with Crippen LogP contribution in [0.1, 0.15) is 12.5 Å². The molecule has 1 heterocycles. The van der Waals surface area contributed by atoms with Crippen molar-refractivity contribution in [1.82, 2.24) is 0 Å². The van der Waals surface area contributed by atoms with Crippen LogP contribution < -0.4 is 9.47 Å². The summed E-state index contributed by atoms with van der Waals surface area (Å²) in [4.78, 5) is 0. The van der Waals surface area contributed by atoms with Crippen molar-refractivity contribution < 1.29 is 34.6 Å². The first kappa shape index (κ1) is 21.8. The molecule has 0 aromatic heterocycles. The van der Waals surface area contributed by atoms with Crippen molar-refractivity contribution in [2.24, 2.45) is 0 Å². The highest BCUT2D eigenvalue weighted by Crippen LogP contribution is 2.37. The van der Waals surface area contributed by atoms with E-state index < -0.39 is 36.8 Å². The van der Waals surface area contributed by atoms with Crippen LogP contribution in [0.5, 0.6) is 11.5 Å². The van der Waals surface area contributed by atoms with Crippen LogP contribution in [-0.4, -0.2) is 64.3 Å². The van der Waals surface area contributed by atoms with Crippen molar-refractivity contribution in [3.05, 3.63) is 47.0 Å². The van der Waals surface area contributed by atoms with E-state index in [0.717, 1.165) is 16.7 Å². The summed E-state index contributed by atoms with van der Waals surface area (Å²) in [7, 11) is 1.58. The number of hydrogen-bond acceptors (Lipinski definition) is 7. The third-order valence-electron chi connectivity index (χ3n) is 5.14. The molecule has 1 aliphatic heterocycles. The first-order chi connectivity index (χ1) is 13.7. The fourth-order valence-electron chi connectivity index (χ4n) is 3.33. The predicted molar refractivity (Wildman–Crippen MR) is 107 cm³/mol. The van der Waals surface area contributed by atoms with Crippen molar-refractivity contribution >= 4 is 11.6 Å². The number of ether oxygens (including phenoxy) is 3. The van der Waals surface area contributed by atoms with Crippen molar-refractivity contribution in [2.45, 2.75) is 44.1 Å². The van der Waals surface area contributed by atoms with Crippen LogP contribution in [0.4, 0.5) is 0 Å². The summed E-state index contributed by atoms with van der Waals surface area (Å²) in [6.07, 6.45) is -5.35. The van der Waals surface area contributed by atoms with Crippen LogP contribution in [-0.2, 0) is 4.74 Å². The summed E-state index contributed by atoms with van der Waals surface area (Å²) in [5.41, 5.74) is 0.528. The highest BCUT2D eigenvalue weighted by atomic mass is 35.5. The molecular formula is C21H25ClO7. The minimum Gasteiger partial charge on any atom is -0.496 e. The Morgan fingerprint density at radius 2 is 1.83 bits per heavy atom. The van der Waals surface area contributed by atoms with E-state index in [4.69, 9.17) is 25.8 Å². The van der Waals surface area contributed by atoms with E-state index in [1.807, 2.05) is 19.1 Å². The number of hydrogen-bond donors (Lipinski definition) is 4. The van der Waals surface area contributed by atoms with Crippen LogP contribution in [0.2, 0.25) is 5.02 Å². The average Bonchev–Trinajstić information content (AvgIpc) is 2.69. The Balaban J connectivity index is 1.89. The molecule has 4 N–H and O–H groups in total. The molecule has 5 atom stereocenters. The molecule has 0 radical (unpaired) electrons. The lowest BCUT2D eigenvalue weighted by atomic mass is 9.88. The minimum absolute atomic E-state index is 0.417. The zero-order valence-electron chi connectivity index (χ0n) is 16.4. The third kappa shape index (κ3) is 4.21. The molecule has 7 nitrogen and oxygen atoms in total. The van der Waals surface area contributed by atoms with Crippen LogP contribution >= 0.6 is 11.6 Å². The second kappa shape index (κ2) is 8.47. The van der Waals surface area contributed by atoms with Gasteiger partial charge in [-0.05, 0) is 55.3 Å². The predicted octanol–water partition coefficient (Wildman–Crippen LogP) is 1.89. The van der Waals surface area contributed by atoms with Gasteiger partial charge in [-0.25, -0.2) is 0 Å². The molecule has 2 aromatic carbocycles. The summed E-state index contributed by atoms with van der Waals surface area (Å²) < 4.78 is 16.7. The van der Waals surface area contributed by atoms with Gasteiger partial charge in [-0.15, -0.1) is 0 Å². The quantitative estimate of drug-likeness (QED) is 0.580. The number of aliphatic hydroxyl groups excluding tert-OH is 3. The molecule has 3 rings (SSSR count). The van der Waals surface area contributed by atoms with Gasteiger partial charge in [-0.3, -0.25) is 0 Å². The van der Waals surface area contributed by atoms with Crippen LogP contribution in [0, 0.1) is 6.92 Å². The maximum Gasteiger partial charge on any atom is 0.231 e. The summed E-state index contributed by atoms with van der Waals surface area (Å²) >= 11 is 6.12. The van der Waals surface area contributed by atoms with Crippen molar-refractivity contribution in [3.63, 3.8) is 0 Å². The molecule has 158 valence electrons. The molecule has 1 saturated heterocycles. The van der Waals surface area contributed by atoms with Gasteiger partial charge in [-0.1, -0.05) is 17.7 Å². The van der Waals surface area contributed by atoms with Gasteiger partial charge in [0.05, 0.1) is 13.7 Å². The first-order valence-corrected chi connectivity index (χ1v) is 9.53. The number of methoxy groups -OCH3 is 1. The van der Waals surface area contributed by atoms with Gasteiger partial charge < -0.3 is 34.6 Å². The van der Waals surface area contributed by atoms with E-state index in [9.17, 15) is 20.4 Å². The van der Waals surface area contributed by atoms with Gasteiger partial charge in [0.2, 0.25) is 6.29 Å². The van der Waals surface area contributed by atoms with Gasteiger partial charge >= 0.3 is 0 Å². The number of benzene rings is 2. The molecular weight excluding hydrogens is 400 g/mol.